The Morgan fingerprint density at radius 3 is 2.17 bits per heavy atom. The lowest BCUT2D eigenvalue weighted by Crippen LogP contribution is -2.25. The van der Waals surface area contributed by atoms with Crippen LogP contribution in [0.3, 0.4) is 0 Å². The Bertz CT molecular complexity index is 339. The van der Waals surface area contributed by atoms with Crippen LogP contribution in [0.2, 0.25) is 0 Å². The van der Waals surface area contributed by atoms with Crippen molar-refractivity contribution in [1.82, 2.24) is 0 Å². The van der Waals surface area contributed by atoms with E-state index in [2.05, 4.69) is 11.9 Å². The minimum absolute atomic E-state index is 0.0613. The molecule has 0 saturated carbocycles. The number of hydrogen-bond donors (Lipinski definition) is 1. The quantitative estimate of drug-likeness (QED) is 0.262. The van der Waals surface area contributed by atoms with E-state index in [1.165, 1.54) is 44.9 Å². The van der Waals surface area contributed by atoms with Crippen LogP contribution >= 0.6 is 0 Å². The van der Waals surface area contributed by atoms with Gasteiger partial charge in [-0.2, -0.15) is 0 Å². The topological polar surface area (TPSA) is 64.7 Å². The van der Waals surface area contributed by atoms with Crippen molar-refractivity contribution in [3.05, 3.63) is 0 Å². The first-order chi connectivity index (χ1) is 11.4. The lowest BCUT2D eigenvalue weighted by atomic mass is 9.97. The van der Waals surface area contributed by atoms with Crippen molar-refractivity contribution in [3.8, 4) is 0 Å². The molecule has 2 N–H and O–H groups in total. The molecule has 0 aliphatic heterocycles. The first-order valence-electron chi connectivity index (χ1n) is 9.79. The zero-order chi connectivity index (χ0) is 18.3. The fraction of sp³-hybridized carbons (Fsp3) is 0.900. The molecule has 0 aromatic rings. The number of unbranched alkanes of at least 4 members (excludes halogenated alkanes) is 8. The Morgan fingerprint density at radius 2 is 1.62 bits per heavy atom. The molecule has 1 unspecified atom stereocenters. The molecule has 0 aromatic heterocycles. The van der Waals surface area contributed by atoms with Gasteiger partial charge in [0, 0.05) is 24.1 Å². The number of rotatable bonds is 15. The highest BCUT2D eigenvalue weighted by atomic mass is 16.5. The number of aliphatic imine (C=N–C) groups is 1. The molecule has 0 aromatic carbocycles. The standard InChI is InChI=1S/C20H40N2O2/c1-5-6-7-8-9-10-11-12-13-14-19(23)24-17-20(3,4)16-22-15-18(2)21/h16,18H,5-15,17,21H2,1-4H3. The highest BCUT2D eigenvalue weighted by Gasteiger charge is 2.17. The SMILES string of the molecule is CCCCCCCCCCCC(=O)OCC(C)(C)C=NCC(C)N. The van der Waals surface area contributed by atoms with E-state index >= 15 is 0 Å². The van der Waals surface area contributed by atoms with Gasteiger partial charge >= 0.3 is 5.97 Å². The predicted octanol–water partition coefficient (Wildman–Crippen LogP) is 4.89. The third-order valence-corrected chi connectivity index (χ3v) is 3.92. The Balaban J connectivity index is 3.60. The summed E-state index contributed by atoms with van der Waals surface area (Å²) in [5, 5.41) is 0. The van der Waals surface area contributed by atoms with Gasteiger partial charge in [-0.1, -0.05) is 72.1 Å². The molecule has 0 fully saturated rings. The fourth-order valence-corrected chi connectivity index (χ4v) is 2.42. The molecule has 0 heterocycles. The van der Waals surface area contributed by atoms with Gasteiger partial charge in [-0.05, 0) is 13.3 Å². The van der Waals surface area contributed by atoms with Crippen LogP contribution in [-0.4, -0.2) is 31.4 Å². The maximum atomic E-state index is 11.8. The molecule has 0 aliphatic rings. The van der Waals surface area contributed by atoms with Gasteiger partial charge in [0.25, 0.3) is 0 Å². The van der Waals surface area contributed by atoms with Crippen molar-refractivity contribution in [2.45, 2.75) is 97.9 Å². The van der Waals surface area contributed by atoms with E-state index in [1.807, 2.05) is 27.0 Å². The van der Waals surface area contributed by atoms with Gasteiger partial charge in [0.05, 0.1) is 6.54 Å². The van der Waals surface area contributed by atoms with Gasteiger partial charge in [-0.3, -0.25) is 9.79 Å². The van der Waals surface area contributed by atoms with E-state index in [-0.39, 0.29) is 17.4 Å². The first kappa shape index (κ1) is 23.1. The maximum Gasteiger partial charge on any atom is 0.305 e. The van der Waals surface area contributed by atoms with Gasteiger partial charge in [0.1, 0.15) is 6.61 Å². The summed E-state index contributed by atoms with van der Waals surface area (Å²) in [4.78, 5) is 16.1. The third kappa shape index (κ3) is 16.0. The normalized spacial score (nSPS) is 13.4. The van der Waals surface area contributed by atoms with Crippen molar-refractivity contribution in [2.75, 3.05) is 13.2 Å². The van der Waals surface area contributed by atoms with Gasteiger partial charge in [0.15, 0.2) is 0 Å². The molecule has 0 aliphatic carbocycles. The van der Waals surface area contributed by atoms with Crippen LogP contribution in [-0.2, 0) is 9.53 Å². The summed E-state index contributed by atoms with van der Waals surface area (Å²) >= 11 is 0. The van der Waals surface area contributed by atoms with Crippen molar-refractivity contribution in [2.24, 2.45) is 16.1 Å². The van der Waals surface area contributed by atoms with Crippen molar-refractivity contribution in [1.29, 1.82) is 0 Å². The summed E-state index contributed by atoms with van der Waals surface area (Å²) in [6.07, 6.45) is 13.7. The number of esters is 1. The average molecular weight is 341 g/mol. The first-order valence-corrected chi connectivity index (χ1v) is 9.79. The van der Waals surface area contributed by atoms with Crippen LogP contribution in [0.4, 0.5) is 0 Å². The highest BCUT2D eigenvalue weighted by molar-refractivity contribution is 5.70. The molecule has 142 valence electrons. The monoisotopic (exact) mass is 340 g/mol. The van der Waals surface area contributed by atoms with Crippen LogP contribution in [0.5, 0.6) is 0 Å². The molecule has 4 nitrogen and oxygen atoms in total. The van der Waals surface area contributed by atoms with E-state index in [0.29, 0.717) is 19.6 Å². The second kappa shape index (κ2) is 14.4. The van der Waals surface area contributed by atoms with E-state index in [1.54, 1.807) is 0 Å². The van der Waals surface area contributed by atoms with Crippen LogP contribution < -0.4 is 5.73 Å². The number of carbonyl (C=O) groups is 1. The molecule has 4 heteroatoms. The van der Waals surface area contributed by atoms with Crippen molar-refractivity contribution in [3.63, 3.8) is 0 Å². The summed E-state index contributed by atoms with van der Waals surface area (Å²) in [5.41, 5.74) is 5.43. The van der Waals surface area contributed by atoms with Crippen molar-refractivity contribution < 1.29 is 9.53 Å². The molecule has 0 radical (unpaired) electrons. The zero-order valence-corrected chi connectivity index (χ0v) is 16.5. The van der Waals surface area contributed by atoms with Gasteiger partial charge < -0.3 is 10.5 Å². The number of nitrogens with two attached hydrogens (primary N) is 1. The van der Waals surface area contributed by atoms with Gasteiger partial charge in [-0.15, -0.1) is 0 Å². The minimum Gasteiger partial charge on any atom is -0.465 e. The summed E-state index contributed by atoms with van der Waals surface area (Å²) in [5.74, 6) is -0.0911. The second-order valence-corrected chi connectivity index (χ2v) is 7.70. The molecule has 0 saturated heterocycles. The molecule has 0 rings (SSSR count). The average Bonchev–Trinajstić information content (AvgIpc) is 2.51. The van der Waals surface area contributed by atoms with Crippen LogP contribution in [0.1, 0.15) is 91.9 Å². The molecular weight excluding hydrogens is 300 g/mol. The van der Waals surface area contributed by atoms with Gasteiger partial charge in [0.2, 0.25) is 0 Å². The smallest absolute Gasteiger partial charge is 0.305 e. The number of nitrogens with zero attached hydrogens (tertiary/aromatic N) is 1. The molecule has 0 bridgehead atoms. The molecular formula is C20H40N2O2. The molecule has 1 atom stereocenters. The van der Waals surface area contributed by atoms with E-state index in [0.717, 1.165) is 12.8 Å². The van der Waals surface area contributed by atoms with E-state index in [9.17, 15) is 4.79 Å². The summed E-state index contributed by atoms with van der Waals surface area (Å²) in [7, 11) is 0. The lowest BCUT2D eigenvalue weighted by molar-refractivity contribution is -0.145. The number of hydrogen-bond acceptors (Lipinski definition) is 4. The number of carbonyl (C=O) groups excluding carboxylic acids is 1. The number of ether oxygens (including phenoxy) is 1. The summed E-state index contributed by atoms with van der Waals surface area (Å²) in [6, 6.07) is 0.0613. The van der Waals surface area contributed by atoms with Crippen LogP contribution in [0.15, 0.2) is 4.99 Å². The van der Waals surface area contributed by atoms with E-state index in [4.69, 9.17) is 10.5 Å². The Labute approximate surface area is 149 Å². The Kier molecular flexibility index (Phi) is 13.9. The Morgan fingerprint density at radius 1 is 1.08 bits per heavy atom. The fourth-order valence-electron chi connectivity index (χ4n) is 2.42. The lowest BCUT2D eigenvalue weighted by Gasteiger charge is -2.19. The van der Waals surface area contributed by atoms with Crippen LogP contribution in [0.25, 0.3) is 0 Å². The zero-order valence-electron chi connectivity index (χ0n) is 16.5. The predicted molar refractivity (Wildman–Crippen MR) is 104 cm³/mol. The summed E-state index contributed by atoms with van der Waals surface area (Å²) in [6.45, 7) is 9.19. The van der Waals surface area contributed by atoms with E-state index < -0.39 is 0 Å². The molecule has 0 spiro atoms. The molecule has 0 amide bonds. The summed E-state index contributed by atoms with van der Waals surface area (Å²) < 4.78 is 5.37. The minimum atomic E-state index is -0.233. The molecule has 24 heavy (non-hydrogen) atoms. The maximum absolute atomic E-state index is 11.8. The van der Waals surface area contributed by atoms with Crippen LogP contribution in [0, 0.1) is 5.41 Å². The van der Waals surface area contributed by atoms with Gasteiger partial charge in [-0.25, -0.2) is 0 Å². The largest absolute Gasteiger partial charge is 0.465 e. The highest BCUT2D eigenvalue weighted by Crippen LogP contribution is 2.14. The third-order valence-electron chi connectivity index (χ3n) is 3.92. The van der Waals surface area contributed by atoms with Crippen molar-refractivity contribution >= 4 is 12.2 Å². The second-order valence-electron chi connectivity index (χ2n) is 7.70. The Hall–Kier alpha value is -0.900.